The van der Waals surface area contributed by atoms with Crippen LogP contribution in [0.25, 0.3) is 44.6 Å². The van der Waals surface area contributed by atoms with Gasteiger partial charge in [-0.15, -0.1) is 6.42 Å². The Labute approximate surface area is 297 Å². The smallest absolute Gasteiger partial charge is 0.281 e. The number of oxazole rings is 1. The average Bonchev–Trinajstić information content (AvgIpc) is 3.82. The van der Waals surface area contributed by atoms with Gasteiger partial charge in [-0.3, -0.25) is 19.2 Å². The quantitative estimate of drug-likeness (QED) is 0.156. The van der Waals surface area contributed by atoms with Crippen LogP contribution in [0.3, 0.4) is 0 Å². The third kappa shape index (κ3) is 6.30. The molecule has 2 fully saturated rings. The molecule has 2 N–H and O–H groups in total. The number of likely N-dealkylation sites (tertiary alicyclic amines) is 1. The second-order valence-corrected chi connectivity index (χ2v) is 14.1. The minimum Gasteiger partial charge on any atom is -0.436 e. The molecule has 1 aliphatic carbocycles. The molecule has 1 aliphatic heterocycles. The Hall–Kier alpha value is -5.30. The second-order valence-electron chi connectivity index (χ2n) is 14.1. The molecular formula is C42H42N6O3. The highest BCUT2D eigenvalue weighted by molar-refractivity contribution is 5.91. The number of terminal acetylenes is 1. The summed E-state index contributed by atoms with van der Waals surface area (Å²) in [6.07, 6.45) is 16.7. The van der Waals surface area contributed by atoms with Crippen molar-refractivity contribution < 1.29 is 9.52 Å². The highest BCUT2D eigenvalue weighted by Gasteiger charge is 2.28. The molecule has 258 valence electrons. The molecule has 1 saturated heterocycles. The van der Waals surface area contributed by atoms with Gasteiger partial charge in [-0.1, -0.05) is 30.2 Å². The number of nitrogens with one attached hydrogen (secondary N) is 1. The van der Waals surface area contributed by atoms with Gasteiger partial charge in [0.25, 0.3) is 5.56 Å². The lowest BCUT2D eigenvalue weighted by atomic mass is 9.82. The molecule has 2 aliphatic rings. The fourth-order valence-electron chi connectivity index (χ4n) is 7.96. The van der Waals surface area contributed by atoms with Crippen LogP contribution in [0.4, 0.5) is 11.5 Å². The van der Waals surface area contributed by atoms with Crippen molar-refractivity contribution in [1.29, 1.82) is 0 Å². The summed E-state index contributed by atoms with van der Waals surface area (Å²) in [5.41, 5.74) is 8.39. The standard InChI is InChI=1S/C42H42N6O3/c1-4-36(29-13-15-31(49)16-14-29)48-22-18-37-39(42(48)50)46-41(51-37)34-11-7-9-32(26(34)2)33-10-8-12-35(27(33)3)45-40-38-30(17-19-43-40)23-28(24-44-38)25-47-20-5-6-21-47/h1,7-12,17-19,22-24,29,31,36,49H,5-6,13-16,20-21,25H2,2-3H3,(H,43,45). The molecule has 0 amide bonds. The van der Waals surface area contributed by atoms with Crippen LogP contribution in [0.15, 0.2) is 82.4 Å². The van der Waals surface area contributed by atoms with Gasteiger partial charge in [0, 0.05) is 41.8 Å². The van der Waals surface area contributed by atoms with E-state index in [1.807, 2.05) is 36.7 Å². The minimum absolute atomic E-state index is 0.123. The molecule has 0 bridgehead atoms. The van der Waals surface area contributed by atoms with E-state index in [0.717, 1.165) is 82.7 Å². The van der Waals surface area contributed by atoms with Gasteiger partial charge in [-0.05, 0) is 130 Å². The van der Waals surface area contributed by atoms with Gasteiger partial charge in [0.05, 0.1) is 6.10 Å². The fraction of sp³-hybridized carbons (Fsp3) is 0.333. The maximum atomic E-state index is 13.7. The van der Waals surface area contributed by atoms with Crippen LogP contribution in [-0.4, -0.2) is 48.7 Å². The summed E-state index contributed by atoms with van der Waals surface area (Å²) in [5.74, 6) is 4.07. The van der Waals surface area contributed by atoms with Gasteiger partial charge < -0.3 is 14.8 Å². The van der Waals surface area contributed by atoms with Crippen LogP contribution < -0.4 is 10.9 Å². The first-order chi connectivity index (χ1) is 24.9. The van der Waals surface area contributed by atoms with E-state index >= 15 is 0 Å². The van der Waals surface area contributed by atoms with Crippen LogP contribution in [-0.2, 0) is 6.54 Å². The first-order valence-electron chi connectivity index (χ1n) is 18.0. The number of rotatable bonds is 8. The number of pyridine rings is 3. The lowest BCUT2D eigenvalue weighted by Crippen LogP contribution is -2.31. The number of hydrogen-bond acceptors (Lipinski definition) is 8. The van der Waals surface area contributed by atoms with Crippen LogP contribution >= 0.6 is 0 Å². The van der Waals surface area contributed by atoms with Crippen molar-refractivity contribution in [3.63, 3.8) is 0 Å². The summed E-state index contributed by atoms with van der Waals surface area (Å²) in [5, 5.41) is 14.6. The van der Waals surface area contributed by atoms with Crippen molar-refractivity contribution in [2.45, 2.75) is 71.1 Å². The Morgan fingerprint density at radius 2 is 1.71 bits per heavy atom. The Bertz CT molecular complexity index is 2340. The summed E-state index contributed by atoms with van der Waals surface area (Å²) in [6, 6.07) is 17.9. The zero-order valence-electron chi connectivity index (χ0n) is 29.1. The lowest BCUT2D eigenvalue weighted by molar-refractivity contribution is 0.0994. The number of hydrogen-bond donors (Lipinski definition) is 2. The molecule has 4 aromatic heterocycles. The van der Waals surface area contributed by atoms with Gasteiger partial charge in [0.1, 0.15) is 11.6 Å². The summed E-state index contributed by atoms with van der Waals surface area (Å²) < 4.78 is 7.82. The molecule has 9 nitrogen and oxygen atoms in total. The molecule has 1 unspecified atom stereocenters. The molecule has 0 spiro atoms. The van der Waals surface area contributed by atoms with E-state index in [1.54, 1.807) is 16.8 Å². The van der Waals surface area contributed by atoms with Crippen LogP contribution in [0.2, 0.25) is 0 Å². The van der Waals surface area contributed by atoms with E-state index in [-0.39, 0.29) is 23.1 Å². The number of aromatic nitrogens is 4. The topological polar surface area (TPSA) is 109 Å². The van der Waals surface area contributed by atoms with Crippen LogP contribution in [0, 0.1) is 32.1 Å². The van der Waals surface area contributed by atoms with Crippen molar-refractivity contribution in [3.05, 3.63) is 100 Å². The summed E-state index contributed by atoms with van der Waals surface area (Å²) in [7, 11) is 0. The predicted octanol–water partition coefficient (Wildman–Crippen LogP) is 7.95. The zero-order chi connectivity index (χ0) is 35.1. The van der Waals surface area contributed by atoms with Gasteiger partial charge in [0.15, 0.2) is 16.9 Å². The Kier molecular flexibility index (Phi) is 8.89. The third-order valence-corrected chi connectivity index (χ3v) is 10.8. The molecule has 2 aromatic carbocycles. The van der Waals surface area contributed by atoms with Gasteiger partial charge in [-0.25, -0.2) is 9.97 Å². The molecule has 5 heterocycles. The summed E-state index contributed by atoms with van der Waals surface area (Å²) in [4.78, 5) is 30.5. The number of aliphatic hydroxyl groups excluding tert-OH is 1. The Morgan fingerprint density at radius 1 is 0.961 bits per heavy atom. The van der Waals surface area contributed by atoms with Gasteiger partial charge in [0.2, 0.25) is 5.89 Å². The number of anilines is 2. The number of benzene rings is 2. The van der Waals surface area contributed by atoms with Crippen molar-refractivity contribution in [3.8, 4) is 34.9 Å². The van der Waals surface area contributed by atoms with E-state index in [4.69, 9.17) is 20.8 Å². The fourth-order valence-corrected chi connectivity index (χ4v) is 7.96. The van der Waals surface area contributed by atoms with E-state index in [0.29, 0.717) is 24.3 Å². The molecule has 1 atom stereocenters. The molecule has 0 radical (unpaired) electrons. The number of aliphatic hydroxyl groups is 1. The van der Waals surface area contributed by atoms with E-state index in [9.17, 15) is 9.90 Å². The molecule has 8 rings (SSSR count). The lowest BCUT2D eigenvalue weighted by Gasteiger charge is -2.30. The first-order valence-corrected chi connectivity index (χ1v) is 18.0. The molecular weight excluding hydrogens is 637 g/mol. The summed E-state index contributed by atoms with van der Waals surface area (Å²) in [6.45, 7) is 7.38. The Balaban J connectivity index is 1.09. The average molecular weight is 679 g/mol. The second kappa shape index (κ2) is 13.8. The van der Waals surface area contributed by atoms with Crippen molar-refractivity contribution in [2.24, 2.45) is 5.92 Å². The van der Waals surface area contributed by atoms with Crippen molar-refractivity contribution in [1.82, 2.24) is 24.4 Å². The molecule has 51 heavy (non-hydrogen) atoms. The first kappa shape index (κ1) is 32.9. The van der Waals surface area contributed by atoms with Crippen molar-refractivity contribution >= 4 is 33.5 Å². The minimum atomic E-state index is -0.402. The molecule has 1 saturated carbocycles. The van der Waals surface area contributed by atoms with E-state index < -0.39 is 6.04 Å². The van der Waals surface area contributed by atoms with E-state index in [2.05, 4.69) is 59.2 Å². The monoisotopic (exact) mass is 678 g/mol. The van der Waals surface area contributed by atoms with Crippen molar-refractivity contribution in [2.75, 3.05) is 18.4 Å². The maximum absolute atomic E-state index is 13.7. The van der Waals surface area contributed by atoms with E-state index in [1.165, 1.54) is 18.4 Å². The molecule has 6 aromatic rings. The van der Waals surface area contributed by atoms with Crippen LogP contribution in [0.5, 0.6) is 0 Å². The largest absolute Gasteiger partial charge is 0.436 e. The predicted molar refractivity (Wildman–Crippen MR) is 202 cm³/mol. The highest BCUT2D eigenvalue weighted by Crippen LogP contribution is 2.38. The van der Waals surface area contributed by atoms with Gasteiger partial charge >= 0.3 is 0 Å². The normalized spacial score (nSPS) is 18.6. The third-order valence-electron chi connectivity index (χ3n) is 10.8. The SMILES string of the molecule is C#CC(C1CCC(O)CC1)n1ccc2oc(-c3cccc(-c4cccc(Nc5nccc6cc(CN7CCCC7)cnc56)c4C)c3C)nc2c1=O. The highest BCUT2D eigenvalue weighted by atomic mass is 16.3. The summed E-state index contributed by atoms with van der Waals surface area (Å²) >= 11 is 0. The maximum Gasteiger partial charge on any atom is 0.281 e. The van der Waals surface area contributed by atoms with Gasteiger partial charge in [-0.2, -0.15) is 0 Å². The zero-order valence-corrected chi connectivity index (χ0v) is 29.1. The van der Waals surface area contributed by atoms with Crippen LogP contribution in [0.1, 0.15) is 61.3 Å². The Morgan fingerprint density at radius 3 is 2.49 bits per heavy atom. The number of fused-ring (bicyclic) bond motifs is 2. The number of nitrogens with zero attached hydrogens (tertiary/aromatic N) is 5. The molecule has 9 heteroatoms.